The molecule has 0 fully saturated rings. The summed E-state index contributed by atoms with van der Waals surface area (Å²) in [6, 6.07) is 0. The molecule has 6 heteroatoms. The van der Waals surface area contributed by atoms with Crippen molar-refractivity contribution in [2.45, 2.75) is 187 Å². The average molecular weight is 855 g/mol. The molecule has 0 N–H and O–H groups in total. The van der Waals surface area contributed by atoms with Gasteiger partial charge in [0.15, 0.2) is 6.10 Å². The van der Waals surface area contributed by atoms with Crippen LogP contribution >= 0.6 is 0 Å². The van der Waals surface area contributed by atoms with Gasteiger partial charge in [-0.05, 0) is 89.9 Å². The lowest BCUT2D eigenvalue weighted by atomic mass is 10.1. The molecule has 0 aliphatic rings. The second-order valence-corrected chi connectivity index (χ2v) is 15.4. The minimum absolute atomic E-state index is 0.121. The lowest BCUT2D eigenvalue weighted by molar-refractivity contribution is -0.167. The molecule has 0 saturated carbocycles. The first-order valence-electron chi connectivity index (χ1n) is 24.3. The molecule has 0 saturated heterocycles. The Balaban J connectivity index is 4.55. The first kappa shape index (κ1) is 57.5. The van der Waals surface area contributed by atoms with Crippen molar-refractivity contribution in [2.75, 3.05) is 13.2 Å². The third-order valence-corrected chi connectivity index (χ3v) is 9.56. The van der Waals surface area contributed by atoms with E-state index < -0.39 is 6.10 Å². The summed E-state index contributed by atoms with van der Waals surface area (Å²) in [4.78, 5) is 37.9. The average Bonchev–Trinajstić information content (AvgIpc) is 3.27. The van der Waals surface area contributed by atoms with Crippen LogP contribution in [0.25, 0.3) is 0 Å². The van der Waals surface area contributed by atoms with Crippen LogP contribution in [0.15, 0.2) is 134 Å². The van der Waals surface area contributed by atoms with Gasteiger partial charge in [-0.15, -0.1) is 0 Å². The highest BCUT2D eigenvalue weighted by Gasteiger charge is 2.19. The second-order valence-electron chi connectivity index (χ2n) is 15.4. The lowest BCUT2D eigenvalue weighted by Crippen LogP contribution is -2.30. The first-order chi connectivity index (χ1) is 30.5. The van der Waals surface area contributed by atoms with Crippen LogP contribution in [0, 0.1) is 0 Å². The van der Waals surface area contributed by atoms with Crippen molar-refractivity contribution in [3.05, 3.63) is 134 Å². The van der Waals surface area contributed by atoms with E-state index in [1.165, 1.54) is 19.3 Å². The summed E-state index contributed by atoms with van der Waals surface area (Å²) >= 11 is 0. The van der Waals surface area contributed by atoms with Gasteiger partial charge in [-0.2, -0.15) is 0 Å². The van der Waals surface area contributed by atoms with Crippen molar-refractivity contribution in [1.29, 1.82) is 0 Å². The maximum atomic E-state index is 12.8. The zero-order valence-corrected chi connectivity index (χ0v) is 39.3. The van der Waals surface area contributed by atoms with E-state index in [0.29, 0.717) is 12.8 Å². The molecule has 0 radical (unpaired) electrons. The van der Waals surface area contributed by atoms with Gasteiger partial charge < -0.3 is 14.2 Å². The molecule has 1 atom stereocenters. The molecule has 62 heavy (non-hydrogen) atoms. The van der Waals surface area contributed by atoms with E-state index in [2.05, 4.69) is 130 Å². The predicted molar refractivity (Wildman–Crippen MR) is 265 cm³/mol. The highest BCUT2D eigenvalue weighted by Crippen LogP contribution is 2.12. The minimum atomic E-state index is -0.825. The van der Waals surface area contributed by atoms with E-state index in [1.54, 1.807) is 0 Å². The fraction of sp³-hybridized carbons (Fsp3) is 0.554. The van der Waals surface area contributed by atoms with E-state index in [9.17, 15) is 14.4 Å². The Bertz CT molecular complexity index is 1400. The van der Waals surface area contributed by atoms with Crippen LogP contribution in [-0.2, 0) is 28.6 Å². The molecule has 1 unspecified atom stereocenters. The number of carbonyl (C=O) groups excluding carboxylic acids is 3. The van der Waals surface area contributed by atoms with Crippen LogP contribution in [0.2, 0.25) is 0 Å². The topological polar surface area (TPSA) is 78.9 Å². The predicted octanol–water partition coefficient (Wildman–Crippen LogP) is 15.9. The van der Waals surface area contributed by atoms with Crippen LogP contribution in [0.1, 0.15) is 181 Å². The first-order valence-corrected chi connectivity index (χ1v) is 24.3. The Kier molecular flexibility index (Phi) is 45.7. The highest BCUT2D eigenvalue weighted by molar-refractivity contribution is 5.71. The van der Waals surface area contributed by atoms with Crippen molar-refractivity contribution in [2.24, 2.45) is 0 Å². The van der Waals surface area contributed by atoms with E-state index in [4.69, 9.17) is 14.2 Å². The summed E-state index contributed by atoms with van der Waals surface area (Å²) in [5, 5.41) is 0. The fourth-order valence-electron chi connectivity index (χ4n) is 5.96. The van der Waals surface area contributed by atoms with Gasteiger partial charge in [-0.1, -0.05) is 206 Å². The maximum Gasteiger partial charge on any atom is 0.306 e. The molecule has 0 rings (SSSR count). The molecular formula is C56H86O6. The van der Waals surface area contributed by atoms with Crippen molar-refractivity contribution in [3.63, 3.8) is 0 Å². The zero-order chi connectivity index (χ0) is 45.1. The van der Waals surface area contributed by atoms with Crippen LogP contribution in [0.4, 0.5) is 0 Å². The maximum absolute atomic E-state index is 12.8. The molecule has 0 aliphatic carbocycles. The summed E-state index contributed by atoms with van der Waals surface area (Å²) in [6.45, 7) is 6.22. The quantitative estimate of drug-likeness (QED) is 0.0200. The van der Waals surface area contributed by atoms with Crippen molar-refractivity contribution in [3.8, 4) is 0 Å². The Morgan fingerprint density at radius 2 is 0.726 bits per heavy atom. The molecular weight excluding hydrogens is 769 g/mol. The summed E-state index contributed by atoms with van der Waals surface area (Å²) < 4.78 is 16.7. The van der Waals surface area contributed by atoms with E-state index >= 15 is 0 Å². The van der Waals surface area contributed by atoms with Gasteiger partial charge in [0.2, 0.25) is 0 Å². The number of unbranched alkanes of at least 4 members (excludes halogenated alkanes) is 14. The van der Waals surface area contributed by atoms with Gasteiger partial charge in [0.1, 0.15) is 13.2 Å². The van der Waals surface area contributed by atoms with Crippen LogP contribution < -0.4 is 0 Å². The third-order valence-electron chi connectivity index (χ3n) is 9.56. The van der Waals surface area contributed by atoms with E-state index in [0.717, 1.165) is 116 Å². The number of allylic oxidation sites excluding steroid dienone is 22. The SMILES string of the molecule is CC\C=C/C=C\C=C/C=C\CCCCCCCC(=O)OC(COC(=O)CCC/C=C\C/C=C\C/C=C\CC)COC(=O)CCCCCCC\C=C/C=C\C=C/C=C\CCCCC. The number of hydrogen-bond acceptors (Lipinski definition) is 6. The zero-order valence-electron chi connectivity index (χ0n) is 39.3. The molecule has 0 aromatic rings. The normalized spacial score (nSPS) is 13.3. The van der Waals surface area contributed by atoms with Crippen molar-refractivity contribution < 1.29 is 28.6 Å². The molecule has 0 aromatic heterocycles. The summed E-state index contributed by atoms with van der Waals surface area (Å²) in [5.41, 5.74) is 0. The second kappa shape index (κ2) is 49.2. The number of carbonyl (C=O) groups is 3. The lowest BCUT2D eigenvalue weighted by Gasteiger charge is -2.18. The molecule has 0 amide bonds. The largest absolute Gasteiger partial charge is 0.462 e. The van der Waals surface area contributed by atoms with Crippen LogP contribution in [0.3, 0.4) is 0 Å². The summed E-state index contributed by atoms with van der Waals surface area (Å²) in [6.07, 6.45) is 68.6. The summed E-state index contributed by atoms with van der Waals surface area (Å²) in [5.74, 6) is -1.04. The monoisotopic (exact) mass is 855 g/mol. The molecule has 0 spiro atoms. The molecule has 0 aliphatic heterocycles. The number of hydrogen-bond donors (Lipinski definition) is 0. The van der Waals surface area contributed by atoms with E-state index in [-0.39, 0.29) is 44.0 Å². The van der Waals surface area contributed by atoms with E-state index in [1.807, 2.05) is 24.3 Å². The number of esters is 3. The molecule has 6 nitrogen and oxygen atoms in total. The van der Waals surface area contributed by atoms with Crippen molar-refractivity contribution >= 4 is 17.9 Å². The molecule has 346 valence electrons. The van der Waals surface area contributed by atoms with Gasteiger partial charge in [0, 0.05) is 19.3 Å². The smallest absolute Gasteiger partial charge is 0.306 e. The fourth-order valence-corrected chi connectivity index (χ4v) is 5.96. The Morgan fingerprint density at radius 1 is 0.355 bits per heavy atom. The van der Waals surface area contributed by atoms with Gasteiger partial charge >= 0.3 is 17.9 Å². The minimum Gasteiger partial charge on any atom is -0.462 e. The highest BCUT2D eigenvalue weighted by atomic mass is 16.6. The Labute approximate surface area is 379 Å². The molecule has 0 aromatic carbocycles. The third kappa shape index (κ3) is 46.6. The van der Waals surface area contributed by atoms with Gasteiger partial charge in [-0.3, -0.25) is 14.4 Å². The van der Waals surface area contributed by atoms with Gasteiger partial charge in [0.05, 0.1) is 0 Å². The standard InChI is InChI=1S/C56H86O6/c1-4-7-10-13-16-19-22-24-26-27-28-30-31-34-37-40-43-46-49-55(58)61-52-53(51-60-54(57)48-45-42-39-36-33-21-18-15-12-9-6-3)62-56(59)50-47-44-41-38-35-32-29-25-23-20-17-14-11-8-5-2/h8-9,11-12,14,16-30,36,39,53H,4-7,10,13,15,31-35,37-38,40-52H2,1-3H3/b11-8-,12-9-,17-14-,19-16-,21-18-,23-20-,24-22-,27-26-,29-25-,30-28-,39-36-. The van der Waals surface area contributed by atoms with Gasteiger partial charge in [-0.25, -0.2) is 0 Å². The number of rotatable bonds is 41. The Hall–Kier alpha value is -4.45. The van der Waals surface area contributed by atoms with Crippen molar-refractivity contribution in [1.82, 2.24) is 0 Å². The van der Waals surface area contributed by atoms with Crippen LogP contribution in [-0.4, -0.2) is 37.2 Å². The van der Waals surface area contributed by atoms with Gasteiger partial charge in [0.25, 0.3) is 0 Å². The molecule has 0 heterocycles. The summed E-state index contributed by atoms with van der Waals surface area (Å²) in [7, 11) is 0. The number of ether oxygens (including phenoxy) is 3. The molecule has 0 bridgehead atoms. The van der Waals surface area contributed by atoms with Crippen LogP contribution in [0.5, 0.6) is 0 Å². The Morgan fingerprint density at radius 3 is 1.23 bits per heavy atom.